The fourth-order valence-corrected chi connectivity index (χ4v) is 6.44. The standard InChI is InChI=1S/C27H22ClN7O11S3/c1-46-18-8-10-20(21(13-18)48(40,41)42)33-34-23-22(49(43,44)45)12-15-11-16(7-9-19(15)24(23)36)29-26-30-25(28)31-27(32-26)35(14-47(37,38)39)17-5-3-2-4-6-17/h2-13,36H,14H2,1H3,(H,37,38,39)(H,40,41,42)(H,43,44,45)(H,29,30,31,32). The van der Waals surface area contributed by atoms with Crippen molar-refractivity contribution in [1.82, 2.24) is 15.0 Å². The Morgan fingerprint density at radius 3 is 2.16 bits per heavy atom. The van der Waals surface area contributed by atoms with E-state index < -0.39 is 63.1 Å². The van der Waals surface area contributed by atoms with Crippen LogP contribution in [-0.4, -0.2) is 72.0 Å². The van der Waals surface area contributed by atoms with Crippen LogP contribution < -0.4 is 15.0 Å². The molecular weight excluding hydrogens is 730 g/mol. The van der Waals surface area contributed by atoms with Gasteiger partial charge in [-0.1, -0.05) is 18.2 Å². The molecule has 0 aliphatic heterocycles. The van der Waals surface area contributed by atoms with E-state index in [-0.39, 0.29) is 39.4 Å². The number of nitrogens with zero attached hydrogens (tertiary/aromatic N) is 6. The summed E-state index contributed by atoms with van der Waals surface area (Å²) < 4.78 is 106. The molecule has 1 aromatic heterocycles. The molecule has 0 radical (unpaired) electrons. The Morgan fingerprint density at radius 2 is 1.53 bits per heavy atom. The number of aromatic hydroxyl groups is 1. The number of para-hydroxylation sites is 1. The normalized spacial score (nSPS) is 12.3. The van der Waals surface area contributed by atoms with Crippen LogP contribution in [0.25, 0.3) is 10.8 Å². The monoisotopic (exact) mass is 751 g/mol. The Kier molecular flexibility index (Phi) is 9.70. The minimum absolute atomic E-state index is 0.00871. The maximum Gasteiger partial charge on any atom is 0.296 e. The lowest BCUT2D eigenvalue weighted by Gasteiger charge is -2.21. The number of phenolic OH excluding ortho intramolecular Hbond substituents is 1. The number of fused-ring (bicyclic) bond motifs is 1. The number of hydrogen-bond donors (Lipinski definition) is 5. The number of ether oxygens (including phenoxy) is 1. The van der Waals surface area contributed by atoms with Crippen LogP contribution in [0.5, 0.6) is 11.5 Å². The van der Waals surface area contributed by atoms with Gasteiger partial charge in [0.25, 0.3) is 30.4 Å². The van der Waals surface area contributed by atoms with Crippen LogP contribution in [0.2, 0.25) is 5.28 Å². The Hall–Kier alpha value is -5.03. The van der Waals surface area contributed by atoms with Gasteiger partial charge in [0.15, 0.2) is 11.6 Å². The molecule has 0 saturated carbocycles. The highest BCUT2D eigenvalue weighted by Crippen LogP contribution is 2.43. The molecule has 0 aliphatic rings. The Morgan fingerprint density at radius 1 is 0.837 bits per heavy atom. The van der Waals surface area contributed by atoms with Crippen molar-refractivity contribution in [3.05, 3.63) is 78.1 Å². The Balaban J connectivity index is 1.56. The first-order chi connectivity index (χ1) is 22.9. The highest BCUT2D eigenvalue weighted by molar-refractivity contribution is 7.86. The van der Waals surface area contributed by atoms with Crippen molar-refractivity contribution < 1.29 is 48.8 Å². The average molecular weight is 752 g/mol. The lowest BCUT2D eigenvalue weighted by molar-refractivity contribution is 0.412. The Labute approximate surface area is 283 Å². The summed E-state index contributed by atoms with van der Waals surface area (Å²) in [5.41, 5.74) is -0.711. The molecular formula is C27H22ClN7O11S3. The van der Waals surface area contributed by atoms with Crippen molar-refractivity contribution in [2.45, 2.75) is 9.79 Å². The predicted octanol–water partition coefficient (Wildman–Crippen LogP) is 5.03. The largest absolute Gasteiger partial charge is 0.505 e. The van der Waals surface area contributed by atoms with E-state index >= 15 is 0 Å². The molecule has 0 atom stereocenters. The van der Waals surface area contributed by atoms with Crippen LogP contribution in [-0.2, 0) is 30.4 Å². The van der Waals surface area contributed by atoms with Gasteiger partial charge in [0.05, 0.1) is 7.11 Å². The fraction of sp³-hybridized carbons (Fsp3) is 0.0741. The third-order valence-corrected chi connectivity index (χ3v) is 8.99. The number of benzene rings is 4. The van der Waals surface area contributed by atoms with Gasteiger partial charge in [-0.05, 0) is 65.5 Å². The molecule has 256 valence electrons. The molecule has 22 heteroatoms. The molecule has 49 heavy (non-hydrogen) atoms. The van der Waals surface area contributed by atoms with Gasteiger partial charge in [-0.2, -0.15) is 40.2 Å². The molecule has 5 rings (SSSR count). The van der Waals surface area contributed by atoms with Crippen LogP contribution >= 0.6 is 11.6 Å². The lowest BCUT2D eigenvalue weighted by Crippen LogP contribution is -2.27. The first-order valence-corrected chi connectivity index (χ1v) is 18.1. The molecule has 0 unspecified atom stereocenters. The molecule has 0 fully saturated rings. The van der Waals surface area contributed by atoms with E-state index in [1.54, 1.807) is 18.2 Å². The average Bonchev–Trinajstić information content (AvgIpc) is 3.02. The molecule has 5 aromatic rings. The van der Waals surface area contributed by atoms with Crippen LogP contribution in [0.1, 0.15) is 0 Å². The van der Waals surface area contributed by atoms with Gasteiger partial charge >= 0.3 is 0 Å². The third-order valence-electron chi connectivity index (χ3n) is 6.49. The SMILES string of the molecule is COc1ccc(N=Nc2c(S(=O)(=O)O)cc3cc(Nc4nc(Cl)nc(N(CS(=O)(=O)O)c5ccccc5)n4)ccc3c2O)c(S(=O)(=O)O)c1. The maximum absolute atomic E-state index is 12.4. The van der Waals surface area contributed by atoms with Crippen LogP contribution in [0.15, 0.2) is 92.8 Å². The van der Waals surface area contributed by atoms with E-state index in [4.69, 9.17) is 16.3 Å². The van der Waals surface area contributed by atoms with Gasteiger partial charge in [-0.3, -0.25) is 18.6 Å². The van der Waals surface area contributed by atoms with Crippen molar-refractivity contribution in [2.24, 2.45) is 10.2 Å². The Bertz CT molecular complexity index is 2450. The summed E-state index contributed by atoms with van der Waals surface area (Å²) in [5.74, 6) is -2.12. The van der Waals surface area contributed by atoms with Gasteiger partial charge in [-0.25, -0.2) is 0 Å². The molecule has 0 saturated heterocycles. The second-order valence-corrected chi connectivity index (χ2v) is 14.4. The predicted molar refractivity (Wildman–Crippen MR) is 176 cm³/mol. The van der Waals surface area contributed by atoms with E-state index in [2.05, 4.69) is 30.5 Å². The minimum atomic E-state index is -5.08. The third kappa shape index (κ3) is 8.34. The molecule has 0 spiro atoms. The van der Waals surface area contributed by atoms with Crippen LogP contribution in [0.3, 0.4) is 0 Å². The van der Waals surface area contributed by atoms with E-state index in [0.717, 1.165) is 23.1 Å². The zero-order valence-electron chi connectivity index (χ0n) is 24.6. The zero-order chi connectivity index (χ0) is 35.7. The smallest absolute Gasteiger partial charge is 0.296 e. The van der Waals surface area contributed by atoms with E-state index in [1.165, 1.54) is 43.5 Å². The van der Waals surface area contributed by atoms with Crippen molar-refractivity contribution in [3.8, 4) is 11.5 Å². The van der Waals surface area contributed by atoms with E-state index in [9.17, 15) is 44.0 Å². The summed E-state index contributed by atoms with van der Waals surface area (Å²) >= 11 is 6.11. The number of nitrogens with one attached hydrogen (secondary N) is 1. The quantitative estimate of drug-likeness (QED) is 0.0874. The summed E-state index contributed by atoms with van der Waals surface area (Å²) in [6.07, 6.45) is 0. The number of azo groups is 1. The number of phenols is 1. The number of aromatic nitrogens is 3. The summed E-state index contributed by atoms with van der Waals surface area (Å²) in [6.45, 7) is 0. The summed E-state index contributed by atoms with van der Waals surface area (Å²) in [5, 5.41) is 20.9. The molecule has 5 N–H and O–H groups in total. The summed E-state index contributed by atoms with van der Waals surface area (Å²) in [7, 11) is -13.3. The molecule has 18 nitrogen and oxygen atoms in total. The van der Waals surface area contributed by atoms with Gasteiger partial charge in [0, 0.05) is 22.8 Å². The summed E-state index contributed by atoms with van der Waals surface area (Å²) in [4.78, 5) is 11.6. The van der Waals surface area contributed by atoms with E-state index in [0.29, 0.717) is 5.69 Å². The molecule has 0 amide bonds. The molecule has 1 heterocycles. The van der Waals surface area contributed by atoms with E-state index in [1.807, 2.05) is 0 Å². The number of anilines is 4. The van der Waals surface area contributed by atoms with Gasteiger partial charge in [0.2, 0.25) is 17.2 Å². The highest BCUT2D eigenvalue weighted by Gasteiger charge is 2.24. The van der Waals surface area contributed by atoms with Crippen molar-refractivity contribution >= 4 is 87.4 Å². The van der Waals surface area contributed by atoms with Crippen molar-refractivity contribution in [3.63, 3.8) is 0 Å². The second kappa shape index (κ2) is 13.5. The summed E-state index contributed by atoms with van der Waals surface area (Å²) in [6, 6.07) is 16.3. The second-order valence-electron chi connectivity index (χ2n) is 9.82. The minimum Gasteiger partial charge on any atom is -0.505 e. The van der Waals surface area contributed by atoms with Crippen molar-refractivity contribution in [1.29, 1.82) is 0 Å². The molecule has 0 bridgehead atoms. The zero-order valence-corrected chi connectivity index (χ0v) is 27.8. The first-order valence-electron chi connectivity index (χ1n) is 13.2. The lowest BCUT2D eigenvalue weighted by atomic mass is 10.1. The van der Waals surface area contributed by atoms with Crippen LogP contribution in [0.4, 0.5) is 34.6 Å². The number of halogens is 1. The first kappa shape index (κ1) is 35.3. The van der Waals surface area contributed by atoms with Crippen LogP contribution in [0, 0.1) is 0 Å². The fourth-order valence-electron chi connectivity index (χ4n) is 4.40. The highest BCUT2D eigenvalue weighted by atomic mass is 35.5. The topological polar surface area (TPSA) is 271 Å². The number of hydrogen-bond acceptors (Lipinski definition) is 15. The number of rotatable bonds is 11. The molecule has 0 aliphatic carbocycles. The molecule has 4 aromatic carbocycles. The van der Waals surface area contributed by atoms with Crippen molar-refractivity contribution in [2.75, 3.05) is 23.2 Å². The van der Waals surface area contributed by atoms with Gasteiger partial charge in [-0.15, -0.1) is 10.2 Å². The maximum atomic E-state index is 12.4. The number of methoxy groups -OCH3 is 1. The van der Waals surface area contributed by atoms with Gasteiger partial charge in [0.1, 0.15) is 26.9 Å². The van der Waals surface area contributed by atoms with Gasteiger partial charge < -0.3 is 15.2 Å².